The molecule has 0 aliphatic carbocycles. The predicted molar refractivity (Wildman–Crippen MR) is 65.0 cm³/mol. The van der Waals surface area contributed by atoms with Crippen LogP contribution < -0.4 is 4.74 Å². The van der Waals surface area contributed by atoms with Gasteiger partial charge in [0.1, 0.15) is 5.75 Å². The molecule has 0 aliphatic rings. The highest BCUT2D eigenvalue weighted by atomic mass is 32.2. The molecule has 1 rings (SSSR count). The summed E-state index contributed by atoms with van der Waals surface area (Å²) in [6.07, 6.45) is 2.31. The molecule has 0 bridgehead atoms. The first kappa shape index (κ1) is 12.9. The van der Waals surface area contributed by atoms with Gasteiger partial charge in [-0.1, -0.05) is 0 Å². The van der Waals surface area contributed by atoms with E-state index >= 15 is 0 Å². The van der Waals surface area contributed by atoms with Crippen molar-refractivity contribution in [2.75, 3.05) is 19.5 Å². The van der Waals surface area contributed by atoms with Crippen molar-refractivity contribution in [1.29, 1.82) is 0 Å². The van der Waals surface area contributed by atoms with Gasteiger partial charge in [-0.2, -0.15) is 0 Å². The fraction of sp³-hybridized carbons (Fsp3) is 0.417. The Bertz CT molecular complexity index is 322. The molecule has 0 aromatic heterocycles. The average Bonchev–Trinajstić information content (AvgIpc) is 2.30. The first-order chi connectivity index (χ1) is 7.76. The minimum Gasteiger partial charge on any atom is -0.493 e. The van der Waals surface area contributed by atoms with Crippen LogP contribution in [0.1, 0.15) is 13.3 Å². The van der Waals surface area contributed by atoms with Gasteiger partial charge in [0.05, 0.1) is 19.6 Å². The molecule has 4 heteroatoms. The van der Waals surface area contributed by atoms with Gasteiger partial charge in [-0.25, -0.2) is 0 Å². The smallest absolute Gasteiger partial charge is 0.309 e. The maximum atomic E-state index is 11.0. The van der Waals surface area contributed by atoms with Crippen molar-refractivity contribution in [2.24, 2.45) is 0 Å². The summed E-state index contributed by atoms with van der Waals surface area (Å²) in [4.78, 5) is 12.2. The van der Waals surface area contributed by atoms with Crippen molar-refractivity contribution < 1.29 is 14.3 Å². The van der Waals surface area contributed by atoms with E-state index in [0.29, 0.717) is 13.2 Å². The number of hydrogen-bond donors (Lipinski definition) is 0. The highest BCUT2D eigenvalue weighted by Crippen LogP contribution is 2.18. The van der Waals surface area contributed by atoms with E-state index in [0.717, 1.165) is 5.75 Å². The first-order valence-corrected chi connectivity index (χ1v) is 6.41. The maximum Gasteiger partial charge on any atom is 0.309 e. The molecule has 0 amide bonds. The lowest BCUT2D eigenvalue weighted by molar-refractivity contribution is -0.143. The Morgan fingerprint density at radius 2 is 2.00 bits per heavy atom. The number of rotatable bonds is 6. The Labute approximate surface area is 100 Å². The van der Waals surface area contributed by atoms with Crippen molar-refractivity contribution >= 4 is 17.7 Å². The van der Waals surface area contributed by atoms with Gasteiger partial charge in [0.25, 0.3) is 0 Å². The van der Waals surface area contributed by atoms with Crippen LogP contribution in [0.4, 0.5) is 0 Å². The van der Waals surface area contributed by atoms with Gasteiger partial charge < -0.3 is 9.47 Å². The molecular formula is C12H16O3S. The van der Waals surface area contributed by atoms with Gasteiger partial charge in [-0.3, -0.25) is 4.79 Å². The van der Waals surface area contributed by atoms with Crippen LogP contribution in [-0.4, -0.2) is 25.4 Å². The normalized spacial score (nSPS) is 9.88. The van der Waals surface area contributed by atoms with Crippen molar-refractivity contribution in [3.8, 4) is 5.75 Å². The van der Waals surface area contributed by atoms with E-state index < -0.39 is 0 Å². The zero-order valence-corrected chi connectivity index (χ0v) is 10.4. The van der Waals surface area contributed by atoms with Gasteiger partial charge in [-0.15, -0.1) is 11.8 Å². The van der Waals surface area contributed by atoms with Crippen molar-refractivity contribution in [3.63, 3.8) is 0 Å². The standard InChI is InChI=1S/C12H16O3S/c1-3-14-12(13)8-9-15-10-4-6-11(16-2)7-5-10/h4-7H,3,8-9H2,1-2H3. The van der Waals surface area contributed by atoms with Gasteiger partial charge >= 0.3 is 5.97 Å². The minimum atomic E-state index is -0.219. The van der Waals surface area contributed by atoms with E-state index in [1.54, 1.807) is 18.7 Å². The summed E-state index contributed by atoms with van der Waals surface area (Å²) in [5.41, 5.74) is 0. The number of thioether (sulfide) groups is 1. The van der Waals surface area contributed by atoms with Crippen molar-refractivity contribution in [2.45, 2.75) is 18.2 Å². The molecule has 0 N–H and O–H groups in total. The molecule has 0 saturated carbocycles. The number of carbonyl (C=O) groups is 1. The molecule has 0 unspecified atom stereocenters. The molecule has 0 heterocycles. The second kappa shape index (κ2) is 7.17. The van der Waals surface area contributed by atoms with Gasteiger partial charge in [-0.05, 0) is 37.4 Å². The monoisotopic (exact) mass is 240 g/mol. The molecule has 88 valence electrons. The summed E-state index contributed by atoms with van der Waals surface area (Å²) in [6.45, 7) is 2.57. The third kappa shape index (κ3) is 4.57. The second-order valence-corrected chi connectivity index (χ2v) is 3.96. The number of esters is 1. The number of carbonyl (C=O) groups excluding carboxylic acids is 1. The van der Waals surface area contributed by atoms with E-state index in [4.69, 9.17) is 9.47 Å². The number of ether oxygens (including phenoxy) is 2. The Morgan fingerprint density at radius 1 is 1.31 bits per heavy atom. The van der Waals surface area contributed by atoms with E-state index in [-0.39, 0.29) is 12.4 Å². The number of benzene rings is 1. The molecule has 0 radical (unpaired) electrons. The second-order valence-electron chi connectivity index (χ2n) is 3.08. The maximum absolute atomic E-state index is 11.0. The van der Waals surface area contributed by atoms with Crippen LogP contribution >= 0.6 is 11.8 Å². The first-order valence-electron chi connectivity index (χ1n) is 5.18. The lowest BCUT2D eigenvalue weighted by Gasteiger charge is -2.06. The topological polar surface area (TPSA) is 35.5 Å². The van der Waals surface area contributed by atoms with Gasteiger partial charge in [0, 0.05) is 4.90 Å². The summed E-state index contributed by atoms with van der Waals surface area (Å²) in [5.74, 6) is 0.560. The van der Waals surface area contributed by atoms with E-state index in [2.05, 4.69) is 0 Å². The third-order valence-electron chi connectivity index (χ3n) is 1.94. The van der Waals surface area contributed by atoms with Crippen LogP contribution in [0.5, 0.6) is 5.75 Å². The quantitative estimate of drug-likeness (QED) is 0.566. The molecular weight excluding hydrogens is 224 g/mol. The molecule has 1 aromatic carbocycles. The predicted octanol–water partition coefficient (Wildman–Crippen LogP) is 2.74. The summed E-state index contributed by atoms with van der Waals surface area (Å²) >= 11 is 1.68. The number of hydrogen-bond acceptors (Lipinski definition) is 4. The lowest BCUT2D eigenvalue weighted by Crippen LogP contribution is -2.09. The minimum absolute atomic E-state index is 0.219. The molecule has 0 aliphatic heterocycles. The third-order valence-corrected chi connectivity index (χ3v) is 2.68. The average molecular weight is 240 g/mol. The highest BCUT2D eigenvalue weighted by molar-refractivity contribution is 7.98. The van der Waals surface area contributed by atoms with E-state index in [1.165, 1.54) is 4.90 Å². The molecule has 0 fully saturated rings. The van der Waals surface area contributed by atoms with Crippen LogP contribution in [0.25, 0.3) is 0 Å². The lowest BCUT2D eigenvalue weighted by atomic mass is 10.3. The van der Waals surface area contributed by atoms with E-state index in [1.807, 2.05) is 30.5 Å². The Balaban J connectivity index is 2.29. The molecule has 16 heavy (non-hydrogen) atoms. The Kier molecular flexibility index (Phi) is 5.78. The largest absolute Gasteiger partial charge is 0.493 e. The fourth-order valence-corrected chi connectivity index (χ4v) is 1.57. The zero-order chi connectivity index (χ0) is 11.8. The van der Waals surface area contributed by atoms with Gasteiger partial charge in [0.15, 0.2) is 0 Å². The summed E-state index contributed by atoms with van der Waals surface area (Å²) in [6, 6.07) is 7.78. The Morgan fingerprint density at radius 3 is 2.56 bits per heavy atom. The van der Waals surface area contributed by atoms with Crippen LogP contribution in [0, 0.1) is 0 Å². The van der Waals surface area contributed by atoms with Gasteiger partial charge in [0.2, 0.25) is 0 Å². The molecule has 0 spiro atoms. The Hall–Kier alpha value is -1.16. The van der Waals surface area contributed by atoms with Crippen LogP contribution in [0.15, 0.2) is 29.2 Å². The highest BCUT2D eigenvalue weighted by Gasteiger charge is 2.01. The van der Waals surface area contributed by atoms with Crippen LogP contribution in [-0.2, 0) is 9.53 Å². The summed E-state index contributed by atoms with van der Waals surface area (Å²) in [5, 5.41) is 0. The van der Waals surface area contributed by atoms with E-state index in [9.17, 15) is 4.79 Å². The molecule has 1 aromatic rings. The van der Waals surface area contributed by atoms with Crippen LogP contribution in [0.3, 0.4) is 0 Å². The fourth-order valence-electron chi connectivity index (χ4n) is 1.16. The molecule has 0 atom stereocenters. The van der Waals surface area contributed by atoms with Crippen molar-refractivity contribution in [3.05, 3.63) is 24.3 Å². The molecule has 3 nitrogen and oxygen atoms in total. The molecule has 0 saturated heterocycles. The summed E-state index contributed by atoms with van der Waals surface area (Å²) < 4.78 is 10.2. The SMILES string of the molecule is CCOC(=O)CCOc1ccc(SC)cc1. The van der Waals surface area contributed by atoms with Crippen LogP contribution in [0.2, 0.25) is 0 Å². The van der Waals surface area contributed by atoms with Crippen molar-refractivity contribution in [1.82, 2.24) is 0 Å². The zero-order valence-electron chi connectivity index (χ0n) is 9.56. The summed E-state index contributed by atoms with van der Waals surface area (Å²) in [7, 11) is 0.